The third kappa shape index (κ3) is 44.0. The average molecular weight is 821 g/mol. The molecule has 0 aromatic carbocycles. The summed E-state index contributed by atoms with van der Waals surface area (Å²) in [4.78, 5) is 37.8. The molecule has 0 aliphatic heterocycles. The van der Waals surface area contributed by atoms with Crippen molar-refractivity contribution in [1.82, 2.24) is 0 Å². The highest BCUT2D eigenvalue weighted by molar-refractivity contribution is 5.71. The maximum atomic E-state index is 12.7. The minimum absolute atomic E-state index is 0.0657. The fourth-order valence-electron chi connectivity index (χ4n) is 7.73. The number of esters is 3. The maximum Gasteiger partial charge on any atom is 0.306 e. The zero-order valence-electron chi connectivity index (χ0n) is 39.8. The Bertz CT molecular complexity index is 900. The van der Waals surface area contributed by atoms with Crippen LogP contribution in [0.3, 0.4) is 0 Å². The van der Waals surface area contributed by atoms with Gasteiger partial charge in [0.25, 0.3) is 0 Å². The summed E-state index contributed by atoms with van der Waals surface area (Å²) in [5.41, 5.74) is 0. The van der Waals surface area contributed by atoms with E-state index in [1.54, 1.807) is 0 Å². The maximum absolute atomic E-state index is 12.7. The normalized spacial score (nSPS) is 12.6. The van der Waals surface area contributed by atoms with Gasteiger partial charge in [-0.15, -0.1) is 0 Å². The van der Waals surface area contributed by atoms with Gasteiger partial charge >= 0.3 is 17.9 Å². The zero-order valence-corrected chi connectivity index (χ0v) is 39.8. The Kier molecular flexibility index (Phi) is 42.3. The molecule has 58 heavy (non-hydrogen) atoms. The first-order valence-electron chi connectivity index (χ1n) is 25.6. The summed E-state index contributed by atoms with van der Waals surface area (Å²) in [6.07, 6.45) is 42.4. The third-order valence-corrected chi connectivity index (χ3v) is 12.0. The fraction of sp³-hybridized carbons (Fsp3) is 0.942. The van der Waals surface area contributed by atoms with Gasteiger partial charge in [-0.1, -0.05) is 241 Å². The van der Waals surface area contributed by atoms with Crippen LogP contribution in [0.2, 0.25) is 0 Å². The van der Waals surface area contributed by atoms with Crippen LogP contribution in [0.4, 0.5) is 0 Å². The van der Waals surface area contributed by atoms with Crippen LogP contribution in [-0.4, -0.2) is 37.2 Å². The number of unbranched alkanes of at least 4 members (excludes halogenated alkanes) is 27. The molecule has 344 valence electrons. The Balaban J connectivity index is 4.24. The molecule has 0 fully saturated rings. The lowest BCUT2D eigenvalue weighted by molar-refractivity contribution is -0.167. The highest BCUT2D eigenvalue weighted by atomic mass is 16.6. The molecule has 0 bridgehead atoms. The topological polar surface area (TPSA) is 78.9 Å². The third-order valence-electron chi connectivity index (χ3n) is 12.0. The van der Waals surface area contributed by atoms with Gasteiger partial charge in [0.15, 0.2) is 6.10 Å². The molecule has 0 amide bonds. The number of hydrogen-bond acceptors (Lipinski definition) is 6. The minimum atomic E-state index is -0.763. The predicted octanol–water partition coefficient (Wildman–Crippen LogP) is 16.4. The monoisotopic (exact) mass is 821 g/mol. The van der Waals surface area contributed by atoms with E-state index in [9.17, 15) is 14.4 Å². The molecule has 0 saturated heterocycles. The van der Waals surface area contributed by atoms with Gasteiger partial charge in [-0.25, -0.2) is 0 Å². The number of carbonyl (C=O) groups is 3. The quantitative estimate of drug-likeness (QED) is 0.0346. The molecule has 0 aliphatic rings. The second kappa shape index (κ2) is 43.5. The number of carbonyl (C=O) groups excluding carboxylic acids is 3. The standard InChI is InChI=1S/C52H100O6/c1-7-48(6)40-34-28-24-25-30-36-42-51(54)57-45-49(58-52(55)43-37-31-23-19-18-21-27-33-39-47(4)5)44-56-50(53)41-35-29-22-17-15-13-11-9-8-10-12-14-16-20-26-32-38-46(2)3/h46-49H,7-45H2,1-6H3/t48?,49-/m1/s1. The van der Waals surface area contributed by atoms with Crippen molar-refractivity contribution < 1.29 is 28.6 Å². The van der Waals surface area contributed by atoms with Gasteiger partial charge in [0.1, 0.15) is 13.2 Å². The van der Waals surface area contributed by atoms with Crippen molar-refractivity contribution in [3.05, 3.63) is 0 Å². The fourth-order valence-corrected chi connectivity index (χ4v) is 7.73. The molecule has 0 aliphatic carbocycles. The molecule has 0 N–H and O–H groups in total. The van der Waals surface area contributed by atoms with Crippen molar-refractivity contribution in [3.8, 4) is 0 Å². The van der Waals surface area contributed by atoms with E-state index < -0.39 is 6.10 Å². The van der Waals surface area contributed by atoms with E-state index >= 15 is 0 Å². The second-order valence-corrected chi connectivity index (χ2v) is 19.0. The number of ether oxygens (including phenoxy) is 3. The molecular formula is C52H100O6. The Hall–Kier alpha value is -1.59. The van der Waals surface area contributed by atoms with E-state index in [1.807, 2.05) is 0 Å². The van der Waals surface area contributed by atoms with E-state index in [0.29, 0.717) is 19.3 Å². The highest BCUT2D eigenvalue weighted by Gasteiger charge is 2.19. The number of rotatable bonds is 45. The lowest BCUT2D eigenvalue weighted by Gasteiger charge is -2.18. The van der Waals surface area contributed by atoms with Crippen molar-refractivity contribution in [2.24, 2.45) is 17.8 Å². The minimum Gasteiger partial charge on any atom is -0.462 e. The molecule has 0 spiro atoms. The Morgan fingerprint density at radius 3 is 0.897 bits per heavy atom. The molecule has 0 saturated carbocycles. The van der Waals surface area contributed by atoms with Crippen molar-refractivity contribution >= 4 is 17.9 Å². The van der Waals surface area contributed by atoms with Gasteiger partial charge < -0.3 is 14.2 Å². The highest BCUT2D eigenvalue weighted by Crippen LogP contribution is 2.18. The first-order valence-corrected chi connectivity index (χ1v) is 25.6. The van der Waals surface area contributed by atoms with Gasteiger partial charge in [0.05, 0.1) is 0 Å². The van der Waals surface area contributed by atoms with E-state index in [1.165, 1.54) is 161 Å². The van der Waals surface area contributed by atoms with Gasteiger partial charge in [0.2, 0.25) is 0 Å². The SMILES string of the molecule is CCC(C)CCCCCCCCC(=O)OC[C@@H](COC(=O)CCCCCCCCCCCCCCCCCCC(C)C)OC(=O)CCCCCCCCCCC(C)C. The molecular weight excluding hydrogens is 721 g/mol. The lowest BCUT2D eigenvalue weighted by Crippen LogP contribution is -2.30. The summed E-state index contributed by atoms with van der Waals surface area (Å²) in [6, 6.07) is 0. The van der Waals surface area contributed by atoms with Gasteiger partial charge in [-0.3, -0.25) is 14.4 Å². The molecule has 0 aromatic heterocycles. The van der Waals surface area contributed by atoms with Crippen LogP contribution < -0.4 is 0 Å². The van der Waals surface area contributed by atoms with Crippen molar-refractivity contribution in [2.45, 2.75) is 285 Å². The Labute approximate surface area is 361 Å². The first-order chi connectivity index (χ1) is 28.1. The van der Waals surface area contributed by atoms with E-state index in [0.717, 1.165) is 75.5 Å². The van der Waals surface area contributed by atoms with Crippen LogP contribution in [0.15, 0.2) is 0 Å². The van der Waals surface area contributed by atoms with Gasteiger partial charge in [0, 0.05) is 19.3 Å². The van der Waals surface area contributed by atoms with Crippen molar-refractivity contribution in [1.29, 1.82) is 0 Å². The zero-order chi connectivity index (χ0) is 42.7. The molecule has 0 radical (unpaired) electrons. The average Bonchev–Trinajstić information content (AvgIpc) is 3.19. The first kappa shape index (κ1) is 56.4. The molecule has 0 aromatic rings. The summed E-state index contributed by atoms with van der Waals surface area (Å²) in [6.45, 7) is 13.7. The van der Waals surface area contributed by atoms with E-state index in [-0.39, 0.29) is 31.1 Å². The lowest BCUT2D eigenvalue weighted by atomic mass is 10.00. The van der Waals surface area contributed by atoms with Crippen LogP contribution in [0.5, 0.6) is 0 Å². The molecule has 6 nitrogen and oxygen atoms in total. The van der Waals surface area contributed by atoms with Crippen LogP contribution in [0.25, 0.3) is 0 Å². The van der Waals surface area contributed by atoms with Crippen molar-refractivity contribution in [2.75, 3.05) is 13.2 Å². The van der Waals surface area contributed by atoms with Crippen LogP contribution in [-0.2, 0) is 28.6 Å². The predicted molar refractivity (Wildman–Crippen MR) is 247 cm³/mol. The number of hydrogen-bond donors (Lipinski definition) is 0. The van der Waals surface area contributed by atoms with Crippen LogP contribution in [0, 0.1) is 17.8 Å². The van der Waals surface area contributed by atoms with Crippen molar-refractivity contribution in [3.63, 3.8) is 0 Å². The summed E-state index contributed by atoms with van der Waals surface area (Å²) in [7, 11) is 0. The summed E-state index contributed by atoms with van der Waals surface area (Å²) < 4.78 is 16.8. The summed E-state index contributed by atoms with van der Waals surface area (Å²) in [5, 5.41) is 0. The Morgan fingerprint density at radius 1 is 0.345 bits per heavy atom. The van der Waals surface area contributed by atoms with Gasteiger partial charge in [-0.05, 0) is 37.0 Å². The van der Waals surface area contributed by atoms with E-state index in [2.05, 4.69) is 41.5 Å². The molecule has 0 heterocycles. The summed E-state index contributed by atoms with van der Waals surface area (Å²) >= 11 is 0. The largest absolute Gasteiger partial charge is 0.462 e. The smallest absolute Gasteiger partial charge is 0.306 e. The van der Waals surface area contributed by atoms with E-state index in [4.69, 9.17) is 14.2 Å². The van der Waals surface area contributed by atoms with Crippen LogP contribution in [0.1, 0.15) is 279 Å². The molecule has 6 heteroatoms. The van der Waals surface area contributed by atoms with Crippen LogP contribution >= 0.6 is 0 Å². The summed E-state index contributed by atoms with van der Waals surface area (Å²) in [5.74, 6) is 1.60. The van der Waals surface area contributed by atoms with Gasteiger partial charge in [-0.2, -0.15) is 0 Å². The second-order valence-electron chi connectivity index (χ2n) is 19.0. The molecule has 2 atom stereocenters. The molecule has 1 unspecified atom stereocenters. The Morgan fingerprint density at radius 2 is 0.603 bits per heavy atom. The molecule has 0 rings (SSSR count).